The number of ether oxygens (including phenoxy) is 2. The molecule has 3 rings (SSSR count). The molecule has 4 nitrogen and oxygen atoms in total. The van der Waals surface area contributed by atoms with E-state index in [0.717, 1.165) is 0 Å². The van der Waals surface area contributed by atoms with Crippen molar-refractivity contribution in [1.29, 1.82) is 0 Å². The molecule has 0 unspecified atom stereocenters. The first-order valence-corrected chi connectivity index (χ1v) is 7.44. The molecule has 0 aliphatic carbocycles. The fraction of sp³-hybridized carbons (Fsp3) is 0.600. The molecular weight excluding hydrogens is 297 g/mol. The van der Waals surface area contributed by atoms with Crippen LogP contribution in [0, 0.1) is 0 Å². The molecule has 2 aliphatic rings. The highest BCUT2D eigenvalue weighted by atomic mass is 19.4. The van der Waals surface area contributed by atoms with Gasteiger partial charge in [-0.25, -0.2) is 0 Å². The maximum atomic E-state index is 13.0. The van der Waals surface area contributed by atoms with Crippen LogP contribution in [0.2, 0.25) is 0 Å². The second-order valence-corrected chi connectivity index (χ2v) is 5.52. The third-order valence-corrected chi connectivity index (χ3v) is 3.97. The third-order valence-electron chi connectivity index (χ3n) is 3.97. The van der Waals surface area contributed by atoms with Gasteiger partial charge in [0.15, 0.2) is 11.5 Å². The first kappa shape index (κ1) is 15.4. The molecule has 1 fully saturated rings. The zero-order valence-corrected chi connectivity index (χ0v) is 12.2. The Hall–Kier alpha value is -1.47. The van der Waals surface area contributed by atoms with Gasteiger partial charge < -0.3 is 14.8 Å². The molecule has 1 aromatic rings. The van der Waals surface area contributed by atoms with Crippen LogP contribution in [0.1, 0.15) is 18.0 Å². The molecule has 0 saturated carbocycles. The van der Waals surface area contributed by atoms with Crippen molar-refractivity contribution in [3.05, 3.63) is 23.8 Å². The summed E-state index contributed by atoms with van der Waals surface area (Å²) in [6, 6.07) is 4.42. The van der Waals surface area contributed by atoms with Gasteiger partial charge in [-0.1, -0.05) is 6.07 Å². The molecular formula is C15H19F3N2O2. The largest absolute Gasteiger partial charge is 0.486 e. The number of alkyl halides is 3. The van der Waals surface area contributed by atoms with Gasteiger partial charge in [-0.15, -0.1) is 0 Å². The zero-order chi connectivity index (χ0) is 15.6. The first-order chi connectivity index (χ1) is 10.5. The summed E-state index contributed by atoms with van der Waals surface area (Å²) in [5, 5.41) is 3.17. The molecule has 0 amide bonds. The van der Waals surface area contributed by atoms with Gasteiger partial charge in [0.1, 0.15) is 13.2 Å². The lowest BCUT2D eigenvalue weighted by Crippen LogP contribution is -2.46. The Morgan fingerprint density at radius 3 is 2.45 bits per heavy atom. The summed E-state index contributed by atoms with van der Waals surface area (Å²) >= 11 is 0. The van der Waals surface area contributed by atoms with Gasteiger partial charge in [0, 0.05) is 32.2 Å². The maximum Gasteiger partial charge on any atom is 0.390 e. The molecule has 1 atom stereocenters. The number of rotatable bonds is 3. The van der Waals surface area contributed by atoms with Crippen molar-refractivity contribution in [3.8, 4) is 11.5 Å². The lowest BCUT2D eigenvalue weighted by molar-refractivity contribution is -0.148. The number of hydrogen-bond acceptors (Lipinski definition) is 4. The fourth-order valence-electron chi connectivity index (χ4n) is 2.94. The van der Waals surface area contributed by atoms with E-state index in [0.29, 0.717) is 56.5 Å². The number of hydrogen-bond donors (Lipinski definition) is 1. The summed E-state index contributed by atoms with van der Waals surface area (Å²) in [5.74, 6) is 1.13. The molecule has 7 heteroatoms. The molecule has 2 aliphatic heterocycles. The minimum absolute atomic E-state index is 0.425. The van der Waals surface area contributed by atoms with E-state index >= 15 is 0 Å². The average molecular weight is 316 g/mol. The van der Waals surface area contributed by atoms with Gasteiger partial charge in [0.25, 0.3) is 0 Å². The van der Waals surface area contributed by atoms with E-state index in [-0.39, 0.29) is 0 Å². The van der Waals surface area contributed by atoms with Crippen molar-refractivity contribution in [1.82, 2.24) is 10.2 Å². The van der Waals surface area contributed by atoms with Crippen LogP contribution in [0.3, 0.4) is 0 Å². The molecule has 0 radical (unpaired) electrons. The lowest BCUT2D eigenvalue weighted by Gasteiger charge is -2.36. The number of nitrogens with one attached hydrogen (secondary N) is 1. The predicted octanol–water partition coefficient (Wildman–Crippen LogP) is 2.36. The van der Waals surface area contributed by atoms with Crippen LogP contribution < -0.4 is 14.8 Å². The van der Waals surface area contributed by atoms with Gasteiger partial charge in [0.05, 0.1) is 6.42 Å². The van der Waals surface area contributed by atoms with Crippen molar-refractivity contribution in [2.24, 2.45) is 0 Å². The van der Waals surface area contributed by atoms with Crippen LogP contribution in [0.25, 0.3) is 0 Å². The first-order valence-electron chi connectivity index (χ1n) is 7.44. The highest BCUT2D eigenvalue weighted by molar-refractivity contribution is 5.44. The molecule has 22 heavy (non-hydrogen) atoms. The molecule has 1 N–H and O–H groups in total. The van der Waals surface area contributed by atoms with Gasteiger partial charge in [0.2, 0.25) is 0 Å². The monoisotopic (exact) mass is 316 g/mol. The number of piperazine rings is 1. The normalized spacial score (nSPS) is 20.7. The SMILES string of the molecule is FC(F)(F)C[C@@H](c1ccc2c(c1)OCCO2)N1CCNCC1. The summed E-state index contributed by atoms with van der Waals surface area (Å²) in [4.78, 5) is 1.88. The lowest BCUT2D eigenvalue weighted by atomic mass is 10.00. The zero-order valence-electron chi connectivity index (χ0n) is 12.2. The Bertz CT molecular complexity index is 516. The van der Waals surface area contributed by atoms with E-state index in [1.165, 1.54) is 0 Å². The van der Waals surface area contributed by atoms with E-state index in [4.69, 9.17) is 9.47 Å². The van der Waals surface area contributed by atoms with Gasteiger partial charge in [-0.2, -0.15) is 13.2 Å². The number of benzene rings is 1. The van der Waals surface area contributed by atoms with E-state index in [9.17, 15) is 13.2 Å². The Morgan fingerprint density at radius 1 is 1.09 bits per heavy atom. The maximum absolute atomic E-state index is 13.0. The number of halogens is 3. The minimum atomic E-state index is -4.21. The second kappa shape index (κ2) is 6.34. The minimum Gasteiger partial charge on any atom is -0.486 e. The molecule has 0 aromatic heterocycles. The van der Waals surface area contributed by atoms with Crippen LogP contribution in [0.5, 0.6) is 11.5 Å². The standard InChI is InChI=1S/C15H19F3N2O2/c16-15(17,18)10-12(20-5-3-19-4-6-20)11-1-2-13-14(9-11)22-8-7-21-13/h1-2,9,12,19H,3-8,10H2/t12-/m0/s1. The number of nitrogens with zero attached hydrogens (tertiary/aromatic N) is 1. The smallest absolute Gasteiger partial charge is 0.390 e. The van der Waals surface area contributed by atoms with Gasteiger partial charge in [-0.05, 0) is 17.7 Å². The third kappa shape index (κ3) is 3.64. The Labute approximate surface area is 127 Å². The second-order valence-electron chi connectivity index (χ2n) is 5.52. The predicted molar refractivity (Wildman–Crippen MR) is 75.3 cm³/mol. The van der Waals surface area contributed by atoms with E-state index in [1.54, 1.807) is 18.2 Å². The Morgan fingerprint density at radius 2 is 1.77 bits per heavy atom. The van der Waals surface area contributed by atoms with Crippen LogP contribution >= 0.6 is 0 Å². The summed E-state index contributed by atoms with van der Waals surface area (Å²) in [5.41, 5.74) is 0.628. The highest BCUT2D eigenvalue weighted by Crippen LogP contribution is 2.38. The van der Waals surface area contributed by atoms with E-state index < -0.39 is 18.6 Å². The highest BCUT2D eigenvalue weighted by Gasteiger charge is 2.36. The van der Waals surface area contributed by atoms with Crippen molar-refractivity contribution in [2.75, 3.05) is 39.4 Å². The Balaban J connectivity index is 1.87. The molecule has 122 valence electrons. The summed E-state index contributed by atoms with van der Waals surface area (Å²) in [6.07, 6.45) is -5.06. The quantitative estimate of drug-likeness (QED) is 0.928. The van der Waals surface area contributed by atoms with Crippen molar-refractivity contribution < 1.29 is 22.6 Å². The van der Waals surface area contributed by atoms with Gasteiger partial charge >= 0.3 is 6.18 Å². The van der Waals surface area contributed by atoms with Crippen molar-refractivity contribution in [3.63, 3.8) is 0 Å². The van der Waals surface area contributed by atoms with Crippen LogP contribution in [0.15, 0.2) is 18.2 Å². The number of fused-ring (bicyclic) bond motifs is 1. The van der Waals surface area contributed by atoms with Crippen LogP contribution in [-0.2, 0) is 0 Å². The van der Waals surface area contributed by atoms with Crippen molar-refractivity contribution in [2.45, 2.75) is 18.6 Å². The van der Waals surface area contributed by atoms with Crippen LogP contribution in [0.4, 0.5) is 13.2 Å². The topological polar surface area (TPSA) is 33.7 Å². The van der Waals surface area contributed by atoms with E-state index in [1.807, 2.05) is 4.90 Å². The molecule has 2 heterocycles. The Kier molecular flexibility index (Phi) is 4.44. The average Bonchev–Trinajstić information content (AvgIpc) is 2.52. The molecule has 0 spiro atoms. The van der Waals surface area contributed by atoms with Gasteiger partial charge in [-0.3, -0.25) is 4.90 Å². The molecule has 1 saturated heterocycles. The summed E-state index contributed by atoms with van der Waals surface area (Å²) in [6.45, 7) is 3.52. The summed E-state index contributed by atoms with van der Waals surface area (Å²) in [7, 11) is 0. The fourth-order valence-corrected chi connectivity index (χ4v) is 2.94. The molecule has 1 aromatic carbocycles. The molecule has 0 bridgehead atoms. The summed E-state index contributed by atoms with van der Waals surface area (Å²) < 4.78 is 49.9. The van der Waals surface area contributed by atoms with Crippen LogP contribution in [-0.4, -0.2) is 50.5 Å². The van der Waals surface area contributed by atoms with Crippen molar-refractivity contribution >= 4 is 0 Å². The van der Waals surface area contributed by atoms with E-state index in [2.05, 4.69) is 5.32 Å².